The summed E-state index contributed by atoms with van der Waals surface area (Å²) in [6.07, 6.45) is -0.120. The Morgan fingerprint density at radius 3 is 2.67 bits per heavy atom. The SMILES string of the molecule is COc1cccc(-c2nc(CS(=O)(=O)CC(=O)Cc3cc(Cl)ccc3Cl)c(C)o2)c1. The number of carbonyl (C=O) groups excluding carboxylic acids is 1. The smallest absolute Gasteiger partial charge is 0.226 e. The highest BCUT2D eigenvalue weighted by Crippen LogP contribution is 2.26. The summed E-state index contributed by atoms with van der Waals surface area (Å²) in [6.45, 7) is 1.63. The van der Waals surface area contributed by atoms with E-state index in [1.807, 2.05) is 0 Å². The minimum absolute atomic E-state index is 0.120. The first-order chi connectivity index (χ1) is 14.2. The van der Waals surface area contributed by atoms with Gasteiger partial charge in [-0.3, -0.25) is 4.79 Å². The molecular formula is C21H19Cl2NO5S. The minimum atomic E-state index is -3.75. The van der Waals surface area contributed by atoms with Gasteiger partial charge in [-0.05, 0) is 48.9 Å². The van der Waals surface area contributed by atoms with Crippen molar-refractivity contribution in [3.8, 4) is 17.2 Å². The molecule has 0 radical (unpaired) electrons. The largest absolute Gasteiger partial charge is 0.497 e. The van der Waals surface area contributed by atoms with Gasteiger partial charge in [0.05, 0.1) is 18.6 Å². The van der Waals surface area contributed by atoms with Crippen LogP contribution >= 0.6 is 23.2 Å². The predicted molar refractivity (Wildman–Crippen MR) is 116 cm³/mol. The normalized spacial score (nSPS) is 11.5. The van der Waals surface area contributed by atoms with E-state index in [1.165, 1.54) is 0 Å². The highest BCUT2D eigenvalue weighted by molar-refractivity contribution is 7.91. The van der Waals surface area contributed by atoms with Crippen LogP contribution in [0.2, 0.25) is 10.0 Å². The molecule has 0 saturated heterocycles. The quantitative estimate of drug-likeness (QED) is 0.477. The lowest BCUT2D eigenvalue weighted by Gasteiger charge is -2.05. The van der Waals surface area contributed by atoms with Crippen LogP contribution in [-0.2, 0) is 26.8 Å². The summed E-state index contributed by atoms with van der Waals surface area (Å²) in [5.41, 5.74) is 1.41. The molecule has 1 aromatic heterocycles. The number of methoxy groups -OCH3 is 1. The number of ketones is 1. The number of hydrogen-bond donors (Lipinski definition) is 0. The summed E-state index contributed by atoms with van der Waals surface area (Å²) in [7, 11) is -2.21. The number of oxazole rings is 1. The van der Waals surface area contributed by atoms with Gasteiger partial charge in [0.25, 0.3) is 0 Å². The molecule has 2 aromatic carbocycles. The molecule has 1 heterocycles. The standard InChI is InChI=1S/C21H19Cl2NO5S/c1-13-20(24-21(29-13)14-4-3-5-18(10-14)28-2)12-30(26,27)11-17(25)9-15-8-16(22)6-7-19(15)23/h3-8,10H,9,11-12H2,1-2H3. The molecular weight excluding hydrogens is 449 g/mol. The van der Waals surface area contributed by atoms with Gasteiger partial charge in [0.1, 0.15) is 17.3 Å². The number of sulfone groups is 1. The van der Waals surface area contributed by atoms with Crippen LogP contribution in [-0.4, -0.2) is 32.0 Å². The van der Waals surface area contributed by atoms with Crippen molar-refractivity contribution in [2.24, 2.45) is 0 Å². The van der Waals surface area contributed by atoms with Crippen molar-refractivity contribution < 1.29 is 22.4 Å². The van der Waals surface area contributed by atoms with Gasteiger partial charge in [0.15, 0.2) is 15.6 Å². The molecule has 0 aliphatic carbocycles. The van der Waals surface area contributed by atoms with Gasteiger partial charge in [0.2, 0.25) is 5.89 Å². The Morgan fingerprint density at radius 1 is 1.17 bits per heavy atom. The van der Waals surface area contributed by atoms with Crippen LogP contribution in [0.5, 0.6) is 5.75 Å². The second kappa shape index (κ2) is 9.20. The molecule has 0 N–H and O–H groups in total. The highest BCUT2D eigenvalue weighted by atomic mass is 35.5. The Bertz CT molecular complexity index is 1190. The summed E-state index contributed by atoms with van der Waals surface area (Å²) in [5, 5.41) is 0.786. The highest BCUT2D eigenvalue weighted by Gasteiger charge is 2.23. The van der Waals surface area contributed by atoms with E-state index >= 15 is 0 Å². The van der Waals surface area contributed by atoms with Crippen molar-refractivity contribution in [1.29, 1.82) is 0 Å². The molecule has 0 unspecified atom stereocenters. The summed E-state index contributed by atoms with van der Waals surface area (Å²) in [5.74, 6) is -0.218. The third kappa shape index (κ3) is 5.62. The Kier molecular flexibility index (Phi) is 6.85. The zero-order chi connectivity index (χ0) is 21.9. The van der Waals surface area contributed by atoms with Crippen molar-refractivity contribution in [2.45, 2.75) is 19.1 Å². The minimum Gasteiger partial charge on any atom is -0.497 e. The summed E-state index contributed by atoms with van der Waals surface area (Å²) in [6, 6.07) is 11.8. The molecule has 0 amide bonds. The lowest BCUT2D eigenvalue weighted by atomic mass is 10.1. The number of aryl methyl sites for hydroxylation is 1. The number of halogens is 2. The number of aromatic nitrogens is 1. The maximum atomic E-state index is 12.6. The number of Topliss-reactive ketones (excluding diaryl/α,β-unsaturated/α-hetero) is 1. The lowest BCUT2D eigenvalue weighted by molar-refractivity contribution is -0.116. The van der Waals surface area contributed by atoms with Crippen molar-refractivity contribution in [2.75, 3.05) is 12.9 Å². The Labute approximate surface area is 184 Å². The number of benzene rings is 2. The predicted octanol–water partition coefficient (Wildman–Crippen LogP) is 4.69. The van der Waals surface area contributed by atoms with Crippen LogP contribution < -0.4 is 4.74 Å². The fourth-order valence-corrected chi connectivity index (χ4v) is 4.65. The van der Waals surface area contributed by atoms with Crippen LogP contribution in [0.1, 0.15) is 17.0 Å². The zero-order valence-electron chi connectivity index (χ0n) is 16.3. The number of nitrogens with zero attached hydrogens (tertiary/aromatic N) is 1. The average Bonchev–Trinajstić information content (AvgIpc) is 3.04. The van der Waals surface area contributed by atoms with E-state index < -0.39 is 27.1 Å². The Morgan fingerprint density at radius 2 is 1.93 bits per heavy atom. The molecule has 9 heteroatoms. The molecule has 3 rings (SSSR count). The van der Waals surface area contributed by atoms with Gasteiger partial charge in [-0.25, -0.2) is 13.4 Å². The van der Waals surface area contributed by atoms with Crippen LogP contribution in [0.4, 0.5) is 0 Å². The van der Waals surface area contributed by atoms with E-state index in [2.05, 4.69) is 4.98 Å². The molecule has 158 valence electrons. The van der Waals surface area contributed by atoms with Crippen LogP contribution in [0, 0.1) is 6.92 Å². The molecule has 0 aliphatic rings. The van der Waals surface area contributed by atoms with Gasteiger partial charge in [0, 0.05) is 22.0 Å². The lowest BCUT2D eigenvalue weighted by Crippen LogP contribution is -2.20. The first-order valence-corrected chi connectivity index (χ1v) is 11.5. The third-order valence-corrected chi connectivity index (χ3v) is 6.42. The van der Waals surface area contributed by atoms with E-state index in [9.17, 15) is 13.2 Å². The Balaban J connectivity index is 1.73. The first-order valence-electron chi connectivity index (χ1n) is 8.93. The molecule has 0 bridgehead atoms. The third-order valence-electron chi connectivity index (χ3n) is 4.34. The van der Waals surface area contributed by atoms with Gasteiger partial charge in [-0.1, -0.05) is 29.3 Å². The summed E-state index contributed by atoms with van der Waals surface area (Å²) >= 11 is 12.0. The Hall–Kier alpha value is -2.35. The second-order valence-corrected chi connectivity index (χ2v) is 9.65. The average molecular weight is 468 g/mol. The van der Waals surface area contributed by atoms with Crippen molar-refractivity contribution in [1.82, 2.24) is 4.98 Å². The zero-order valence-corrected chi connectivity index (χ0v) is 18.6. The fourth-order valence-electron chi connectivity index (χ4n) is 2.89. The molecule has 6 nitrogen and oxygen atoms in total. The van der Waals surface area contributed by atoms with Gasteiger partial charge < -0.3 is 9.15 Å². The van der Waals surface area contributed by atoms with Crippen molar-refractivity contribution in [3.05, 3.63) is 69.5 Å². The number of hydrogen-bond acceptors (Lipinski definition) is 6. The topological polar surface area (TPSA) is 86.5 Å². The molecule has 0 fully saturated rings. The fraction of sp³-hybridized carbons (Fsp3) is 0.238. The van der Waals surface area contributed by atoms with E-state index in [0.717, 1.165) is 0 Å². The second-order valence-electron chi connectivity index (χ2n) is 6.74. The number of ether oxygens (including phenoxy) is 1. The monoisotopic (exact) mass is 467 g/mol. The molecule has 30 heavy (non-hydrogen) atoms. The van der Waals surface area contributed by atoms with Crippen molar-refractivity contribution >= 4 is 38.8 Å². The van der Waals surface area contributed by atoms with E-state index in [4.69, 9.17) is 32.4 Å². The van der Waals surface area contributed by atoms with Gasteiger partial charge >= 0.3 is 0 Å². The maximum Gasteiger partial charge on any atom is 0.226 e. The molecule has 0 atom stereocenters. The molecule has 3 aromatic rings. The number of rotatable bonds is 8. The van der Waals surface area contributed by atoms with Crippen molar-refractivity contribution in [3.63, 3.8) is 0 Å². The van der Waals surface area contributed by atoms with Crippen LogP contribution in [0.15, 0.2) is 46.9 Å². The van der Waals surface area contributed by atoms with Gasteiger partial charge in [-0.15, -0.1) is 0 Å². The molecule has 0 spiro atoms. The summed E-state index contributed by atoms with van der Waals surface area (Å²) < 4.78 is 35.9. The molecule has 0 saturated carbocycles. The van der Waals surface area contributed by atoms with Crippen LogP contribution in [0.25, 0.3) is 11.5 Å². The summed E-state index contributed by atoms with van der Waals surface area (Å²) in [4.78, 5) is 16.6. The van der Waals surface area contributed by atoms with Gasteiger partial charge in [-0.2, -0.15) is 0 Å². The van der Waals surface area contributed by atoms with Crippen LogP contribution in [0.3, 0.4) is 0 Å². The van der Waals surface area contributed by atoms with E-state index in [0.29, 0.717) is 32.7 Å². The maximum absolute atomic E-state index is 12.6. The first kappa shape index (κ1) is 22.3. The van der Waals surface area contributed by atoms with E-state index in [-0.39, 0.29) is 18.0 Å². The van der Waals surface area contributed by atoms with E-state index in [1.54, 1.807) is 56.5 Å². The molecule has 0 aliphatic heterocycles. The number of carbonyl (C=O) groups is 1.